The van der Waals surface area contributed by atoms with Gasteiger partial charge in [0.15, 0.2) is 0 Å². The summed E-state index contributed by atoms with van der Waals surface area (Å²) in [6.07, 6.45) is 2.81. The van der Waals surface area contributed by atoms with Crippen LogP contribution >= 0.6 is 0 Å². The molecule has 16 heavy (non-hydrogen) atoms. The largest absolute Gasteiger partial charge is 0.344 e. The van der Waals surface area contributed by atoms with Gasteiger partial charge < -0.3 is 6.15 Å². The zero-order valence-electron chi connectivity index (χ0n) is 9.55. The molecule has 1 saturated carbocycles. The average Bonchev–Trinajstić information content (AvgIpc) is 3.17. The van der Waals surface area contributed by atoms with Crippen molar-refractivity contribution in [3.05, 3.63) is 72.3 Å². The third-order valence-corrected chi connectivity index (χ3v) is 2.51. The van der Waals surface area contributed by atoms with Crippen LogP contribution in [0, 0.1) is 0 Å². The lowest BCUT2D eigenvalue weighted by Crippen LogP contribution is -1.73. The Morgan fingerprint density at radius 3 is 1.38 bits per heavy atom. The van der Waals surface area contributed by atoms with E-state index < -0.39 is 0 Å². The van der Waals surface area contributed by atoms with Crippen LogP contribution in [0.4, 0.5) is 0 Å². The van der Waals surface area contributed by atoms with Crippen molar-refractivity contribution < 1.29 is 0 Å². The van der Waals surface area contributed by atoms with Gasteiger partial charge in [-0.05, 0) is 24.3 Å². The summed E-state index contributed by atoms with van der Waals surface area (Å²) < 4.78 is 0. The van der Waals surface area contributed by atoms with Gasteiger partial charge in [-0.25, -0.2) is 0 Å². The van der Waals surface area contributed by atoms with E-state index in [1.165, 1.54) is 18.4 Å². The van der Waals surface area contributed by atoms with Crippen LogP contribution in [-0.4, -0.2) is 0 Å². The molecular formula is C15H19N. The molecule has 1 nitrogen and oxygen atoms in total. The Morgan fingerprint density at radius 2 is 1.00 bits per heavy atom. The van der Waals surface area contributed by atoms with Crippen LogP contribution in [0.1, 0.15) is 24.3 Å². The third-order valence-electron chi connectivity index (χ3n) is 2.51. The van der Waals surface area contributed by atoms with Crippen molar-refractivity contribution in [2.45, 2.75) is 18.8 Å². The van der Waals surface area contributed by atoms with Crippen molar-refractivity contribution in [1.29, 1.82) is 0 Å². The lowest BCUT2D eigenvalue weighted by molar-refractivity contribution is 1.13. The quantitative estimate of drug-likeness (QED) is 0.748. The minimum Gasteiger partial charge on any atom is -0.344 e. The molecule has 0 aliphatic heterocycles. The van der Waals surface area contributed by atoms with Gasteiger partial charge in [0, 0.05) is 0 Å². The fourth-order valence-electron chi connectivity index (χ4n) is 1.53. The number of hydrogen-bond donors (Lipinski definition) is 1. The van der Waals surface area contributed by atoms with Gasteiger partial charge in [-0.2, -0.15) is 0 Å². The van der Waals surface area contributed by atoms with Gasteiger partial charge in [-0.3, -0.25) is 0 Å². The minimum absolute atomic E-state index is 0. The van der Waals surface area contributed by atoms with Crippen LogP contribution in [0.2, 0.25) is 0 Å². The van der Waals surface area contributed by atoms with Crippen molar-refractivity contribution >= 4 is 0 Å². The average molecular weight is 213 g/mol. The van der Waals surface area contributed by atoms with E-state index in [0.717, 1.165) is 5.92 Å². The number of rotatable bonds is 1. The monoisotopic (exact) mass is 213 g/mol. The molecule has 2 aromatic rings. The molecule has 0 saturated heterocycles. The van der Waals surface area contributed by atoms with Crippen molar-refractivity contribution in [3.63, 3.8) is 0 Å². The molecule has 3 N–H and O–H groups in total. The molecule has 2 aromatic carbocycles. The highest BCUT2D eigenvalue weighted by Gasteiger charge is 2.22. The van der Waals surface area contributed by atoms with E-state index >= 15 is 0 Å². The SMILES string of the molecule is N.c1ccc(C2CC2)cc1.c1ccccc1. The zero-order chi connectivity index (χ0) is 10.3. The maximum absolute atomic E-state index is 2.22. The Kier molecular flexibility index (Phi) is 5.30. The second-order valence-electron chi connectivity index (χ2n) is 3.84. The standard InChI is InChI=1S/C9H10.C6H6.H3N/c1-2-4-8(5-3-1)9-6-7-9;1-2-4-6-5-3-1;/h1-5,9H,6-7H2;1-6H;1H3. The lowest BCUT2D eigenvalue weighted by Gasteiger charge is -1.92. The summed E-state index contributed by atoms with van der Waals surface area (Å²) in [4.78, 5) is 0. The van der Waals surface area contributed by atoms with Crippen LogP contribution < -0.4 is 6.15 Å². The van der Waals surface area contributed by atoms with E-state index in [1.54, 1.807) is 0 Å². The Hall–Kier alpha value is -1.60. The molecule has 0 amide bonds. The molecule has 1 aliphatic carbocycles. The molecule has 0 radical (unpaired) electrons. The molecule has 84 valence electrons. The first kappa shape index (κ1) is 12.5. The Morgan fingerprint density at radius 1 is 0.625 bits per heavy atom. The molecule has 0 atom stereocenters. The van der Waals surface area contributed by atoms with Gasteiger partial charge >= 0.3 is 0 Å². The molecular weight excluding hydrogens is 194 g/mol. The summed E-state index contributed by atoms with van der Waals surface area (Å²) in [7, 11) is 0. The predicted molar refractivity (Wildman–Crippen MR) is 69.9 cm³/mol. The number of hydrogen-bond acceptors (Lipinski definition) is 1. The highest BCUT2D eigenvalue weighted by molar-refractivity contribution is 5.22. The summed E-state index contributed by atoms with van der Waals surface area (Å²) in [6.45, 7) is 0. The van der Waals surface area contributed by atoms with E-state index in [9.17, 15) is 0 Å². The summed E-state index contributed by atoms with van der Waals surface area (Å²) in [5, 5.41) is 0. The molecule has 1 aliphatic rings. The van der Waals surface area contributed by atoms with Crippen LogP contribution in [0.15, 0.2) is 66.7 Å². The van der Waals surface area contributed by atoms with Crippen molar-refractivity contribution in [3.8, 4) is 0 Å². The highest BCUT2D eigenvalue weighted by atomic mass is 14.3. The fraction of sp³-hybridized carbons (Fsp3) is 0.200. The maximum atomic E-state index is 2.22. The van der Waals surface area contributed by atoms with E-state index in [0.29, 0.717) is 0 Å². The van der Waals surface area contributed by atoms with Gasteiger partial charge in [-0.1, -0.05) is 66.7 Å². The van der Waals surface area contributed by atoms with Crippen molar-refractivity contribution in [2.75, 3.05) is 0 Å². The van der Waals surface area contributed by atoms with Crippen LogP contribution in [0.3, 0.4) is 0 Å². The highest BCUT2D eigenvalue weighted by Crippen LogP contribution is 2.39. The molecule has 1 fully saturated rings. The molecule has 0 aromatic heterocycles. The third kappa shape index (κ3) is 4.28. The van der Waals surface area contributed by atoms with E-state index in [-0.39, 0.29) is 6.15 Å². The van der Waals surface area contributed by atoms with Gasteiger partial charge in [0.2, 0.25) is 0 Å². The smallest absolute Gasteiger partial charge is 0.0162 e. The summed E-state index contributed by atoms with van der Waals surface area (Å²) in [5.74, 6) is 0.909. The number of benzene rings is 2. The summed E-state index contributed by atoms with van der Waals surface area (Å²) in [5.41, 5.74) is 1.53. The maximum Gasteiger partial charge on any atom is -0.0162 e. The second-order valence-corrected chi connectivity index (χ2v) is 3.84. The molecule has 0 heterocycles. The first-order valence-electron chi connectivity index (χ1n) is 5.52. The van der Waals surface area contributed by atoms with Crippen LogP contribution in [0.25, 0.3) is 0 Å². The summed E-state index contributed by atoms with van der Waals surface area (Å²) >= 11 is 0. The zero-order valence-corrected chi connectivity index (χ0v) is 9.55. The predicted octanol–water partition coefficient (Wildman–Crippen LogP) is 4.41. The molecule has 0 spiro atoms. The van der Waals surface area contributed by atoms with Crippen LogP contribution in [-0.2, 0) is 0 Å². The second kappa shape index (κ2) is 6.81. The Bertz CT molecular complexity index is 338. The Balaban J connectivity index is 0.000000162. The molecule has 0 bridgehead atoms. The van der Waals surface area contributed by atoms with E-state index in [1.807, 2.05) is 36.4 Å². The fourth-order valence-corrected chi connectivity index (χ4v) is 1.53. The van der Waals surface area contributed by atoms with Gasteiger partial charge in [0.05, 0.1) is 0 Å². The first-order valence-corrected chi connectivity index (χ1v) is 5.52. The molecule has 3 rings (SSSR count). The van der Waals surface area contributed by atoms with Crippen LogP contribution in [0.5, 0.6) is 0 Å². The first-order chi connectivity index (χ1) is 7.47. The van der Waals surface area contributed by atoms with Crippen molar-refractivity contribution in [1.82, 2.24) is 6.15 Å². The normalized spacial score (nSPS) is 13.0. The Labute approximate surface area is 97.7 Å². The van der Waals surface area contributed by atoms with Gasteiger partial charge in [-0.15, -0.1) is 0 Å². The van der Waals surface area contributed by atoms with Gasteiger partial charge in [0.1, 0.15) is 0 Å². The summed E-state index contributed by atoms with van der Waals surface area (Å²) in [6, 6.07) is 22.8. The molecule has 1 heteroatoms. The minimum atomic E-state index is 0. The van der Waals surface area contributed by atoms with Gasteiger partial charge in [0.25, 0.3) is 0 Å². The lowest BCUT2D eigenvalue weighted by atomic mass is 10.1. The van der Waals surface area contributed by atoms with E-state index in [4.69, 9.17) is 0 Å². The molecule has 0 unspecified atom stereocenters. The van der Waals surface area contributed by atoms with E-state index in [2.05, 4.69) is 30.3 Å². The topological polar surface area (TPSA) is 35.0 Å². The van der Waals surface area contributed by atoms with Crippen molar-refractivity contribution in [2.24, 2.45) is 0 Å².